The molecule has 2 aliphatic rings. The van der Waals surface area contributed by atoms with Crippen LogP contribution in [0.25, 0.3) is 0 Å². The van der Waals surface area contributed by atoms with E-state index in [1.807, 2.05) is 0 Å². The molecule has 0 atom stereocenters. The van der Waals surface area contributed by atoms with Gasteiger partial charge in [-0.2, -0.15) is 0 Å². The van der Waals surface area contributed by atoms with E-state index in [2.05, 4.69) is 41.4 Å². The van der Waals surface area contributed by atoms with Gasteiger partial charge in [0.25, 0.3) is 0 Å². The summed E-state index contributed by atoms with van der Waals surface area (Å²) in [6, 6.07) is 8.46. The van der Waals surface area contributed by atoms with Gasteiger partial charge in [0.15, 0.2) is 14.6 Å². The maximum Gasteiger partial charge on any atom is 0.244 e. The normalized spacial score (nSPS) is 20.0. The molecule has 0 unspecified atom stereocenters. The molecule has 6 nitrogen and oxygen atoms in total. The van der Waals surface area contributed by atoms with E-state index >= 15 is 0 Å². The average molecular weight is 452 g/mol. The Bertz CT molecular complexity index is 759. The van der Waals surface area contributed by atoms with E-state index in [4.69, 9.17) is 0 Å². The molecule has 2 fully saturated rings. The number of piperidine rings is 1. The van der Waals surface area contributed by atoms with Crippen molar-refractivity contribution in [3.8, 4) is 0 Å². The average Bonchev–Trinajstić information content (AvgIpc) is 2.61. The van der Waals surface area contributed by atoms with Gasteiger partial charge in [-0.1, -0.05) is 29.8 Å². The molecule has 3 rings (SSSR count). The first-order valence-electron chi connectivity index (χ1n) is 9.29. The second-order valence-corrected chi connectivity index (χ2v) is 9.90. The van der Waals surface area contributed by atoms with Crippen LogP contribution in [0.1, 0.15) is 24.0 Å². The Balaban J connectivity index is 0.00000196. The molecule has 1 amide bonds. The van der Waals surface area contributed by atoms with Gasteiger partial charge >= 0.3 is 0 Å². The molecule has 1 aromatic carbocycles. The summed E-state index contributed by atoms with van der Waals surface area (Å²) >= 11 is 0. The van der Waals surface area contributed by atoms with Crippen LogP contribution in [0.3, 0.4) is 0 Å². The first kappa shape index (κ1) is 25.2. The van der Waals surface area contributed by atoms with E-state index in [1.54, 1.807) is 4.90 Å². The quantitative estimate of drug-likeness (QED) is 0.753. The van der Waals surface area contributed by atoms with Crippen LogP contribution in [0.4, 0.5) is 0 Å². The molecule has 0 aliphatic carbocycles. The van der Waals surface area contributed by atoms with Crippen molar-refractivity contribution < 1.29 is 13.2 Å². The summed E-state index contributed by atoms with van der Waals surface area (Å²) in [6.45, 7) is 6.84. The number of nitrogens with zero attached hydrogens (tertiary/aromatic N) is 2. The number of aryl methyl sites for hydroxylation is 1. The van der Waals surface area contributed by atoms with Gasteiger partial charge in [0.05, 0.1) is 0 Å². The Kier molecular flexibility index (Phi) is 9.22. The highest BCUT2D eigenvalue weighted by atomic mass is 35.5. The molecule has 2 heterocycles. The molecule has 2 saturated heterocycles. The SMILES string of the molecule is Cc1cccc(CN2CCN(C(=O)C3(S(C)(=O)=O)CCNCC3)CC2)c1.Cl.Cl. The van der Waals surface area contributed by atoms with Crippen molar-refractivity contribution >= 4 is 40.6 Å². The zero-order valence-electron chi connectivity index (χ0n) is 16.5. The number of rotatable bonds is 4. The lowest BCUT2D eigenvalue weighted by molar-refractivity contribution is -0.136. The molecule has 0 aromatic heterocycles. The molecule has 0 saturated carbocycles. The molecule has 1 N–H and O–H groups in total. The highest BCUT2D eigenvalue weighted by Crippen LogP contribution is 2.30. The zero-order valence-corrected chi connectivity index (χ0v) is 19.0. The first-order valence-corrected chi connectivity index (χ1v) is 11.2. The number of amides is 1. The molecule has 2 aliphatic heterocycles. The fourth-order valence-corrected chi connectivity index (χ4v) is 5.43. The van der Waals surface area contributed by atoms with Crippen LogP contribution in [0.2, 0.25) is 0 Å². The molecule has 0 radical (unpaired) electrons. The number of halogens is 2. The number of hydrogen-bond acceptors (Lipinski definition) is 5. The van der Waals surface area contributed by atoms with E-state index in [1.165, 1.54) is 17.4 Å². The monoisotopic (exact) mass is 451 g/mol. The molecule has 0 spiro atoms. The van der Waals surface area contributed by atoms with Crippen LogP contribution in [0.15, 0.2) is 24.3 Å². The van der Waals surface area contributed by atoms with Gasteiger partial charge < -0.3 is 10.2 Å². The number of hydrogen-bond donors (Lipinski definition) is 1. The third kappa shape index (κ3) is 5.39. The van der Waals surface area contributed by atoms with Crippen LogP contribution >= 0.6 is 24.8 Å². The van der Waals surface area contributed by atoms with Gasteiger partial charge in [-0.05, 0) is 38.4 Å². The molecule has 9 heteroatoms. The maximum atomic E-state index is 13.1. The lowest BCUT2D eigenvalue weighted by atomic mass is 9.94. The molecule has 160 valence electrons. The fraction of sp³-hybridized carbons (Fsp3) is 0.632. The van der Waals surface area contributed by atoms with Crippen LogP contribution in [-0.2, 0) is 21.2 Å². The highest BCUT2D eigenvalue weighted by molar-refractivity contribution is 7.92. The summed E-state index contributed by atoms with van der Waals surface area (Å²) in [6.07, 6.45) is 1.95. The standard InChI is InChI=1S/C19H29N3O3S.2ClH/c1-16-4-3-5-17(14-16)15-21-10-12-22(13-11-21)18(23)19(26(2,24)25)6-8-20-9-7-19;;/h3-5,14,20H,6-13,15H2,1-2H3;2*1H. The lowest BCUT2D eigenvalue weighted by Gasteiger charge is -2.42. The van der Waals surface area contributed by atoms with E-state index in [0.717, 1.165) is 19.6 Å². The lowest BCUT2D eigenvalue weighted by Crippen LogP contribution is -2.61. The number of sulfone groups is 1. The molecular weight excluding hydrogens is 421 g/mol. The van der Waals surface area contributed by atoms with Gasteiger partial charge in [-0.25, -0.2) is 8.42 Å². The number of carbonyl (C=O) groups is 1. The summed E-state index contributed by atoms with van der Waals surface area (Å²) in [7, 11) is -3.45. The van der Waals surface area contributed by atoms with Crippen molar-refractivity contribution in [1.82, 2.24) is 15.1 Å². The van der Waals surface area contributed by atoms with E-state index in [0.29, 0.717) is 39.0 Å². The summed E-state index contributed by atoms with van der Waals surface area (Å²) in [5.41, 5.74) is 2.52. The zero-order chi connectivity index (χ0) is 18.8. The first-order chi connectivity index (χ1) is 12.3. The predicted molar refractivity (Wildman–Crippen MR) is 117 cm³/mol. The van der Waals surface area contributed by atoms with Gasteiger partial charge in [0, 0.05) is 39.0 Å². The molecule has 0 bridgehead atoms. The van der Waals surface area contributed by atoms with Gasteiger partial charge in [0.1, 0.15) is 0 Å². The van der Waals surface area contributed by atoms with Crippen molar-refractivity contribution in [1.29, 1.82) is 0 Å². The van der Waals surface area contributed by atoms with Gasteiger partial charge in [-0.15, -0.1) is 24.8 Å². The van der Waals surface area contributed by atoms with Crippen molar-refractivity contribution in [2.45, 2.75) is 31.1 Å². The minimum Gasteiger partial charge on any atom is -0.339 e. The van der Waals surface area contributed by atoms with E-state index in [-0.39, 0.29) is 30.7 Å². The van der Waals surface area contributed by atoms with Crippen LogP contribution in [-0.4, -0.2) is 74.4 Å². The Hall–Kier alpha value is -0.860. The Morgan fingerprint density at radius 3 is 2.25 bits per heavy atom. The second-order valence-electron chi connectivity index (χ2n) is 7.57. The molecule has 1 aromatic rings. The van der Waals surface area contributed by atoms with Crippen molar-refractivity contribution in [2.24, 2.45) is 0 Å². The summed E-state index contributed by atoms with van der Waals surface area (Å²) < 4.78 is 23.6. The smallest absolute Gasteiger partial charge is 0.244 e. The Morgan fingerprint density at radius 1 is 1.11 bits per heavy atom. The topological polar surface area (TPSA) is 69.7 Å². The maximum absolute atomic E-state index is 13.1. The van der Waals surface area contributed by atoms with Gasteiger partial charge in [0.2, 0.25) is 5.91 Å². The van der Waals surface area contributed by atoms with E-state index in [9.17, 15) is 13.2 Å². The Morgan fingerprint density at radius 2 is 1.71 bits per heavy atom. The van der Waals surface area contributed by atoms with Crippen molar-refractivity contribution in [3.63, 3.8) is 0 Å². The predicted octanol–water partition coefficient (Wildman–Crippen LogP) is 1.65. The number of nitrogens with one attached hydrogen (secondary N) is 1. The Labute approximate surface area is 180 Å². The van der Waals surface area contributed by atoms with Crippen LogP contribution < -0.4 is 5.32 Å². The number of piperazine rings is 1. The summed E-state index contributed by atoms with van der Waals surface area (Å²) in [5, 5.41) is 3.16. The third-order valence-corrected chi connectivity index (χ3v) is 7.66. The van der Waals surface area contributed by atoms with Gasteiger partial charge in [-0.3, -0.25) is 9.69 Å². The van der Waals surface area contributed by atoms with E-state index < -0.39 is 14.6 Å². The number of carbonyl (C=O) groups excluding carboxylic acids is 1. The molecule has 28 heavy (non-hydrogen) atoms. The number of benzene rings is 1. The fourth-order valence-electron chi connectivity index (χ4n) is 4.04. The minimum atomic E-state index is -3.45. The second kappa shape index (κ2) is 10.3. The van der Waals surface area contributed by atoms with Crippen LogP contribution in [0.5, 0.6) is 0 Å². The van der Waals surface area contributed by atoms with Crippen molar-refractivity contribution in [2.75, 3.05) is 45.5 Å². The summed E-state index contributed by atoms with van der Waals surface area (Å²) in [5.74, 6) is -0.197. The highest BCUT2D eigenvalue weighted by Gasteiger charge is 2.50. The van der Waals surface area contributed by atoms with Crippen LogP contribution in [0, 0.1) is 6.92 Å². The van der Waals surface area contributed by atoms with Crippen molar-refractivity contribution in [3.05, 3.63) is 35.4 Å². The molecular formula is C19H31Cl2N3O3S. The summed E-state index contributed by atoms with van der Waals surface area (Å²) in [4.78, 5) is 17.2. The minimum absolute atomic E-state index is 0. The largest absolute Gasteiger partial charge is 0.339 e. The third-order valence-electron chi connectivity index (χ3n) is 5.66.